The largest absolute Gasteiger partial charge is 0.374 e. The van der Waals surface area contributed by atoms with Crippen molar-refractivity contribution in [2.75, 3.05) is 59.6 Å². The van der Waals surface area contributed by atoms with Gasteiger partial charge in [0.1, 0.15) is 0 Å². The first-order valence-electron chi connectivity index (χ1n) is 7.06. The number of nitrogens with zero attached hydrogens (tertiary/aromatic N) is 2. The van der Waals surface area contributed by atoms with Crippen LogP contribution in [0.3, 0.4) is 0 Å². The lowest BCUT2D eigenvalue weighted by molar-refractivity contribution is -0.187. The number of morpholine rings is 1. The molecule has 1 unspecified atom stereocenters. The second-order valence-electron chi connectivity index (χ2n) is 5.66. The first-order valence-corrected chi connectivity index (χ1v) is 7.06. The summed E-state index contributed by atoms with van der Waals surface area (Å²) in [6, 6.07) is 0. The molecule has 0 N–H and O–H groups in total. The Morgan fingerprint density at radius 3 is 2.44 bits per heavy atom. The van der Waals surface area contributed by atoms with Crippen molar-refractivity contribution >= 4 is 0 Å². The van der Waals surface area contributed by atoms with Crippen LogP contribution >= 0.6 is 0 Å². The summed E-state index contributed by atoms with van der Waals surface area (Å²) in [5.41, 5.74) is 0. The molecule has 0 aromatic carbocycles. The van der Waals surface area contributed by atoms with Crippen molar-refractivity contribution in [3.8, 4) is 0 Å². The first-order chi connectivity index (χ1) is 8.76. The van der Waals surface area contributed by atoms with Crippen LogP contribution in [-0.4, -0.2) is 81.3 Å². The van der Waals surface area contributed by atoms with Gasteiger partial charge in [0, 0.05) is 45.6 Å². The average molecular weight is 256 g/mol. The van der Waals surface area contributed by atoms with Gasteiger partial charge in [0.2, 0.25) is 0 Å². The van der Waals surface area contributed by atoms with Crippen molar-refractivity contribution in [2.45, 2.75) is 24.7 Å². The van der Waals surface area contributed by atoms with Crippen LogP contribution < -0.4 is 0 Å². The first kappa shape index (κ1) is 12.8. The summed E-state index contributed by atoms with van der Waals surface area (Å²) in [6.45, 7) is 7.65. The van der Waals surface area contributed by atoms with Gasteiger partial charge >= 0.3 is 0 Å². The molecular weight excluding hydrogens is 232 g/mol. The van der Waals surface area contributed by atoms with Crippen LogP contribution in [-0.2, 0) is 14.2 Å². The maximum absolute atomic E-state index is 5.82. The van der Waals surface area contributed by atoms with Crippen LogP contribution in [0.2, 0.25) is 0 Å². The van der Waals surface area contributed by atoms with E-state index in [0.29, 0.717) is 6.10 Å². The van der Waals surface area contributed by atoms with Crippen LogP contribution in [0.15, 0.2) is 0 Å². The topological polar surface area (TPSA) is 34.2 Å². The van der Waals surface area contributed by atoms with Crippen molar-refractivity contribution in [1.82, 2.24) is 9.80 Å². The van der Waals surface area contributed by atoms with Crippen molar-refractivity contribution in [2.24, 2.45) is 0 Å². The van der Waals surface area contributed by atoms with E-state index < -0.39 is 0 Å². The summed E-state index contributed by atoms with van der Waals surface area (Å²) in [5.74, 6) is -0.249. The summed E-state index contributed by atoms with van der Waals surface area (Å²) >= 11 is 0. The molecule has 5 heteroatoms. The molecule has 0 bridgehead atoms. The highest BCUT2D eigenvalue weighted by Crippen LogP contribution is 2.31. The molecule has 1 spiro atoms. The van der Waals surface area contributed by atoms with E-state index >= 15 is 0 Å². The molecule has 5 nitrogen and oxygen atoms in total. The molecule has 104 valence electrons. The van der Waals surface area contributed by atoms with E-state index in [-0.39, 0.29) is 5.79 Å². The predicted octanol–water partition coefficient (Wildman–Crippen LogP) is 0.156. The molecule has 0 aromatic heterocycles. The smallest absolute Gasteiger partial charge is 0.170 e. The van der Waals surface area contributed by atoms with Gasteiger partial charge < -0.3 is 24.0 Å². The molecule has 3 heterocycles. The van der Waals surface area contributed by atoms with Gasteiger partial charge in [-0.25, -0.2) is 0 Å². The standard InChI is InChI=1S/C13H24N2O3/c1-14-6-7-16-12(10-14)11-15-4-2-13(3-5-15)17-8-9-18-13/h12H,2-11H2,1H3. The molecule has 18 heavy (non-hydrogen) atoms. The lowest BCUT2D eigenvalue weighted by Gasteiger charge is -2.40. The molecule has 1 atom stereocenters. The number of likely N-dealkylation sites (N-methyl/N-ethyl adjacent to an activating group) is 1. The molecule has 3 aliphatic heterocycles. The summed E-state index contributed by atoms with van der Waals surface area (Å²) in [6.07, 6.45) is 2.36. The number of piperidine rings is 1. The van der Waals surface area contributed by atoms with Gasteiger partial charge in [-0.2, -0.15) is 0 Å². The molecule has 0 radical (unpaired) electrons. The second-order valence-corrected chi connectivity index (χ2v) is 5.66. The molecule has 0 aromatic rings. The van der Waals surface area contributed by atoms with Gasteiger partial charge in [0.05, 0.1) is 25.9 Å². The third kappa shape index (κ3) is 2.86. The Hall–Kier alpha value is -0.200. The fourth-order valence-corrected chi connectivity index (χ4v) is 3.13. The molecule has 3 rings (SSSR count). The van der Waals surface area contributed by atoms with Gasteiger partial charge in [-0.05, 0) is 7.05 Å². The van der Waals surface area contributed by atoms with Crippen LogP contribution in [0.1, 0.15) is 12.8 Å². The minimum atomic E-state index is -0.249. The summed E-state index contributed by atoms with van der Waals surface area (Å²) in [7, 11) is 2.17. The van der Waals surface area contributed by atoms with Gasteiger partial charge in [0.15, 0.2) is 5.79 Å². The third-order valence-electron chi connectivity index (χ3n) is 4.24. The normalized spacial score (nSPS) is 34.2. The van der Waals surface area contributed by atoms with Gasteiger partial charge in [-0.15, -0.1) is 0 Å². The zero-order valence-electron chi connectivity index (χ0n) is 11.3. The molecule has 0 aliphatic carbocycles. The van der Waals surface area contributed by atoms with Crippen molar-refractivity contribution in [3.05, 3.63) is 0 Å². The number of hydrogen-bond acceptors (Lipinski definition) is 5. The van der Waals surface area contributed by atoms with E-state index in [2.05, 4.69) is 16.8 Å². The monoisotopic (exact) mass is 256 g/mol. The van der Waals surface area contributed by atoms with Crippen LogP contribution in [0.25, 0.3) is 0 Å². The highest BCUT2D eigenvalue weighted by molar-refractivity contribution is 4.84. The van der Waals surface area contributed by atoms with Crippen molar-refractivity contribution in [1.29, 1.82) is 0 Å². The maximum atomic E-state index is 5.82. The minimum Gasteiger partial charge on any atom is -0.374 e. The lowest BCUT2D eigenvalue weighted by Crippen LogP contribution is -2.50. The quantitative estimate of drug-likeness (QED) is 0.703. The van der Waals surface area contributed by atoms with Gasteiger partial charge in [-0.3, -0.25) is 0 Å². The maximum Gasteiger partial charge on any atom is 0.170 e. The van der Waals surface area contributed by atoms with Crippen molar-refractivity contribution in [3.63, 3.8) is 0 Å². The van der Waals surface area contributed by atoms with Gasteiger partial charge in [-0.1, -0.05) is 0 Å². The Bertz CT molecular complexity index is 271. The fraction of sp³-hybridized carbons (Fsp3) is 1.00. The van der Waals surface area contributed by atoms with Crippen LogP contribution in [0, 0.1) is 0 Å². The number of rotatable bonds is 2. The summed E-state index contributed by atoms with van der Waals surface area (Å²) in [5, 5.41) is 0. The zero-order valence-corrected chi connectivity index (χ0v) is 11.3. The molecule has 3 aliphatic rings. The Kier molecular flexibility index (Phi) is 3.86. The lowest BCUT2D eigenvalue weighted by atomic mass is 10.0. The highest BCUT2D eigenvalue weighted by atomic mass is 16.7. The average Bonchev–Trinajstić information content (AvgIpc) is 2.81. The number of ether oxygens (including phenoxy) is 3. The third-order valence-corrected chi connectivity index (χ3v) is 4.24. The van der Waals surface area contributed by atoms with Crippen molar-refractivity contribution < 1.29 is 14.2 Å². The van der Waals surface area contributed by atoms with Crippen LogP contribution in [0.5, 0.6) is 0 Å². The minimum absolute atomic E-state index is 0.249. The summed E-state index contributed by atoms with van der Waals surface area (Å²) in [4.78, 5) is 4.84. The van der Waals surface area contributed by atoms with E-state index in [1.165, 1.54) is 0 Å². The fourth-order valence-electron chi connectivity index (χ4n) is 3.13. The SMILES string of the molecule is CN1CCOC(CN2CCC3(CC2)OCCO3)C1. The number of likely N-dealkylation sites (tertiary alicyclic amines) is 1. The van der Waals surface area contributed by atoms with E-state index in [1.807, 2.05) is 0 Å². The summed E-state index contributed by atoms with van der Waals surface area (Å²) < 4.78 is 17.3. The Morgan fingerprint density at radius 2 is 1.78 bits per heavy atom. The van der Waals surface area contributed by atoms with E-state index in [0.717, 1.165) is 65.4 Å². The van der Waals surface area contributed by atoms with E-state index in [4.69, 9.17) is 14.2 Å². The Labute approximate surface area is 109 Å². The number of hydrogen-bond donors (Lipinski definition) is 0. The Balaban J connectivity index is 1.45. The molecule has 0 amide bonds. The molecule has 3 fully saturated rings. The van der Waals surface area contributed by atoms with E-state index in [1.54, 1.807) is 0 Å². The molecular formula is C13H24N2O3. The predicted molar refractivity (Wildman–Crippen MR) is 67.5 cm³/mol. The molecule has 3 saturated heterocycles. The molecule has 0 saturated carbocycles. The second kappa shape index (κ2) is 5.43. The van der Waals surface area contributed by atoms with E-state index in [9.17, 15) is 0 Å². The zero-order chi connectivity index (χ0) is 12.4. The Morgan fingerprint density at radius 1 is 1.06 bits per heavy atom. The highest BCUT2D eigenvalue weighted by Gasteiger charge is 2.40. The van der Waals surface area contributed by atoms with Crippen LogP contribution in [0.4, 0.5) is 0 Å². The van der Waals surface area contributed by atoms with Gasteiger partial charge in [0.25, 0.3) is 0 Å².